The number of carbonyl (C=O) groups excluding carboxylic acids is 2. The van der Waals surface area contributed by atoms with Gasteiger partial charge in [0.05, 0.1) is 29.9 Å². The summed E-state index contributed by atoms with van der Waals surface area (Å²) in [5, 5.41) is 2.87. The first-order valence-electron chi connectivity index (χ1n) is 8.91. The fourth-order valence-corrected chi connectivity index (χ4v) is 3.07. The number of methoxy groups -OCH3 is 1. The molecule has 2 amide bonds. The summed E-state index contributed by atoms with van der Waals surface area (Å²) in [6.45, 7) is 1.70. The van der Waals surface area contributed by atoms with Crippen molar-refractivity contribution in [1.82, 2.24) is 4.98 Å². The first kappa shape index (κ1) is 20.4. The van der Waals surface area contributed by atoms with Gasteiger partial charge in [-0.1, -0.05) is 48.0 Å². The fraction of sp³-hybridized carbons (Fsp3) is 0.136. The molecule has 0 aliphatic rings. The molecule has 148 valence electrons. The van der Waals surface area contributed by atoms with Gasteiger partial charge in [-0.2, -0.15) is 0 Å². The zero-order valence-electron chi connectivity index (χ0n) is 16.1. The average molecular weight is 410 g/mol. The van der Waals surface area contributed by atoms with Gasteiger partial charge in [0.15, 0.2) is 0 Å². The standard InChI is InChI=1S/C22H20ClN3O3/c1-15(27)25-19-13-20(29-2)17(12-18(19)23)22(28)26(21-10-6-7-11-24-21)14-16-8-4-3-5-9-16/h3-13H,14H2,1-2H3,(H,25,27). The highest BCUT2D eigenvalue weighted by Gasteiger charge is 2.24. The summed E-state index contributed by atoms with van der Waals surface area (Å²) in [4.78, 5) is 30.7. The number of anilines is 2. The molecule has 3 aromatic rings. The second-order valence-electron chi connectivity index (χ2n) is 6.28. The quantitative estimate of drug-likeness (QED) is 0.648. The van der Waals surface area contributed by atoms with E-state index in [1.807, 2.05) is 36.4 Å². The number of carbonyl (C=O) groups is 2. The number of nitrogens with zero attached hydrogens (tertiary/aromatic N) is 2. The number of halogens is 1. The molecule has 1 heterocycles. The smallest absolute Gasteiger partial charge is 0.263 e. The summed E-state index contributed by atoms with van der Waals surface area (Å²) in [7, 11) is 1.46. The van der Waals surface area contributed by atoms with E-state index in [1.165, 1.54) is 26.2 Å². The van der Waals surface area contributed by atoms with Gasteiger partial charge >= 0.3 is 0 Å². The van der Waals surface area contributed by atoms with Gasteiger partial charge in [-0.3, -0.25) is 14.5 Å². The van der Waals surface area contributed by atoms with Crippen molar-refractivity contribution < 1.29 is 14.3 Å². The molecule has 1 N–H and O–H groups in total. The molecule has 0 aliphatic heterocycles. The fourth-order valence-electron chi connectivity index (χ4n) is 2.86. The van der Waals surface area contributed by atoms with Crippen LogP contribution in [0.4, 0.5) is 11.5 Å². The Balaban J connectivity index is 2.03. The van der Waals surface area contributed by atoms with E-state index in [2.05, 4.69) is 10.3 Å². The van der Waals surface area contributed by atoms with Gasteiger partial charge in [0.2, 0.25) is 5.91 Å². The van der Waals surface area contributed by atoms with Crippen molar-refractivity contribution in [2.24, 2.45) is 0 Å². The number of nitrogens with one attached hydrogen (secondary N) is 1. The predicted octanol–water partition coefficient (Wildman–Crippen LogP) is 4.55. The highest BCUT2D eigenvalue weighted by molar-refractivity contribution is 6.34. The highest BCUT2D eigenvalue weighted by atomic mass is 35.5. The molecule has 0 unspecified atom stereocenters. The molecule has 0 atom stereocenters. The first-order valence-corrected chi connectivity index (χ1v) is 9.29. The molecular weight excluding hydrogens is 390 g/mol. The number of benzene rings is 2. The Kier molecular flexibility index (Phi) is 6.46. The summed E-state index contributed by atoms with van der Waals surface area (Å²) < 4.78 is 5.40. The van der Waals surface area contributed by atoms with Crippen LogP contribution in [0.25, 0.3) is 0 Å². The third-order valence-electron chi connectivity index (χ3n) is 4.18. The number of hydrogen-bond donors (Lipinski definition) is 1. The van der Waals surface area contributed by atoms with E-state index >= 15 is 0 Å². The maximum absolute atomic E-state index is 13.5. The molecule has 6 nitrogen and oxygen atoms in total. The summed E-state index contributed by atoms with van der Waals surface area (Å²) >= 11 is 6.30. The van der Waals surface area contributed by atoms with Crippen LogP contribution in [0.1, 0.15) is 22.8 Å². The van der Waals surface area contributed by atoms with Crippen LogP contribution in [0.2, 0.25) is 5.02 Å². The van der Waals surface area contributed by atoms with Gasteiger partial charge in [-0.15, -0.1) is 0 Å². The molecule has 0 saturated carbocycles. The molecule has 0 aliphatic carbocycles. The van der Waals surface area contributed by atoms with Crippen LogP contribution in [-0.4, -0.2) is 23.9 Å². The monoisotopic (exact) mass is 409 g/mol. The number of hydrogen-bond acceptors (Lipinski definition) is 4. The summed E-state index contributed by atoms with van der Waals surface area (Å²) in [6.07, 6.45) is 1.63. The van der Waals surface area contributed by atoms with Crippen molar-refractivity contribution in [2.45, 2.75) is 13.5 Å². The van der Waals surface area contributed by atoms with E-state index in [0.29, 0.717) is 23.8 Å². The molecule has 2 aromatic carbocycles. The van der Waals surface area contributed by atoms with Crippen LogP contribution in [0.3, 0.4) is 0 Å². The van der Waals surface area contributed by atoms with Crippen LogP contribution < -0.4 is 15.0 Å². The van der Waals surface area contributed by atoms with Crippen LogP contribution in [0.15, 0.2) is 66.9 Å². The van der Waals surface area contributed by atoms with E-state index in [0.717, 1.165) is 5.56 Å². The van der Waals surface area contributed by atoms with E-state index < -0.39 is 0 Å². The van der Waals surface area contributed by atoms with Crippen molar-refractivity contribution >= 4 is 34.9 Å². The molecule has 0 bridgehead atoms. The van der Waals surface area contributed by atoms with Gasteiger partial charge in [-0.05, 0) is 23.8 Å². The normalized spacial score (nSPS) is 10.3. The highest BCUT2D eigenvalue weighted by Crippen LogP contribution is 2.33. The Hall–Kier alpha value is -3.38. The minimum absolute atomic E-state index is 0.241. The van der Waals surface area contributed by atoms with Crippen LogP contribution in [-0.2, 0) is 11.3 Å². The number of ether oxygens (including phenoxy) is 1. The Morgan fingerprint density at radius 1 is 1.10 bits per heavy atom. The first-order chi connectivity index (χ1) is 14.0. The van der Waals surface area contributed by atoms with Crippen LogP contribution in [0.5, 0.6) is 5.75 Å². The van der Waals surface area contributed by atoms with Crippen molar-refractivity contribution in [1.29, 1.82) is 0 Å². The maximum atomic E-state index is 13.5. The number of pyridine rings is 1. The lowest BCUT2D eigenvalue weighted by molar-refractivity contribution is -0.114. The molecule has 7 heteroatoms. The largest absolute Gasteiger partial charge is 0.496 e. The third kappa shape index (κ3) is 4.92. The number of rotatable bonds is 6. The Bertz CT molecular complexity index is 1010. The molecule has 3 rings (SSSR count). The molecular formula is C22H20ClN3O3. The second kappa shape index (κ2) is 9.21. The van der Waals surface area contributed by atoms with Crippen molar-refractivity contribution in [3.05, 3.63) is 83.0 Å². The summed E-state index contributed by atoms with van der Waals surface area (Å²) in [6, 6.07) is 18.0. The zero-order valence-corrected chi connectivity index (χ0v) is 16.8. The Morgan fingerprint density at radius 3 is 2.45 bits per heavy atom. The van der Waals surface area contributed by atoms with Gasteiger partial charge in [0, 0.05) is 19.2 Å². The Labute approximate surface area is 174 Å². The maximum Gasteiger partial charge on any atom is 0.263 e. The van der Waals surface area contributed by atoms with E-state index in [1.54, 1.807) is 23.2 Å². The molecule has 0 fully saturated rings. The molecule has 1 aromatic heterocycles. The van der Waals surface area contributed by atoms with E-state index in [4.69, 9.17) is 16.3 Å². The third-order valence-corrected chi connectivity index (χ3v) is 4.50. The molecule has 0 saturated heterocycles. The van der Waals surface area contributed by atoms with E-state index in [9.17, 15) is 9.59 Å². The lowest BCUT2D eigenvalue weighted by atomic mass is 10.1. The minimum Gasteiger partial charge on any atom is -0.496 e. The van der Waals surface area contributed by atoms with Gasteiger partial charge < -0.3 is 10.1 Å². The summed E-state index contributed by atoms with van der Waals surface area (Å²) in [5.74, 6) is 0.218. The van der Waals surface area contributed by atoms with Gasteiger partial charge in [-0.25, -0.2) is 4.98 Å². The van der Waals surface area contributed by atoms with Gasteiger partial charge in [0.1, 0.15) is 11.6 Å². The SMILES string of the molecule is COc1cc(NC(C)=O)c(Cl)cc1C(=O)N(Cc1ccccc1)c1ccccn1. The van der Waals surface area contributed by atoms with Crippen LogP contribution in [0, 0.1) is 0 Å². The lowest BCUT2D eigenvalue weighted by Crippen LogP contribution is -2.31. The minimum atomic E-state index is -0.319. The van der Waals surface area contributed by atoms with Crippen molar-refractivity contribution in [3.8, 4) is 5.75 Å². The number of amides is 2. The predicted molar refractivity (Wildman–Crippen MR) is 114 cm³/mol. The zero-order chi connectivity index (χ0) is 20.8. The van der Waals surface area contributed by atoms with Crippen LogP contribution >= 0.6 is 11.6 Å². The molecule has 0 spiro atoms. The van der Waals surface area contributed by atoms with Crippen molar-refractivity contribution in [2.75, 3.05) is 17.3 Å². The van der Waals surface area contributed by atoms with Gasteiger partial charge in [0.25, 0.3) is 5.91 Å². The number of aromatic nitrogens is 1. The Morgan fingerprint density at radius 2 is 1.83 bits per heavy atom. The second-order valence-corrected chi connectivity index (χ2v) is 6.69. The topological polar surface area (TPSA) is 71.5 Å². The lowest BCUT2D eigenvalue weighted by Gasteiger charge is -2.23. The summed E-state index contributed by atoms with van der Waals surface area (Å²) in [5.41, 5.74) is 1.60. The van der Waals surface area contributed by atoms with Crippen molar-refractivity contribution in [3.63, 3.8) is 0 Å². The molecule has 29 heavy (non-hydrogen) atoms. The average Bonchev–Trinajstić information content (AvgIpc) is 2.73. The van der Waals surface area contributed by atoms with E-state index in [-0.39, 0.29) is 22.4 Å². The molecule has 0 radical (unpaired) electrons.